The van der Waals surface area contributed by atoms with Crippen LogP contribution in [0.5, 0.6) is 0 Å². The van der Waals surface area contributed by atoms with Crippen molar-refractivity contribution in [3.63, 3.8) is 0 Å². The molecule has 0 aliphatic heterocycles. The number of carboxylic acids is 2. The Bertz CT molecular complexity index is 502. The Kier molecular flexibility index (Phi) is 5.13. The van der Waals surface area contributed by atoms with Crippen molar-refractivity contribution in [3.05, 3.63) is 28.8 Å². The van der Waals surface area contributed by atoms with Gasteiger partial charge < -0.3 is 15.1 Å². The highest BCUT2D eigenvalue weighted by molar-refractivity contribution is 5.79. The van der Waals surface area contributed by atoms with Crippen LogP contribution >= 0.6 is 0 Å². The van der Waals surface area contributed by atoms with E-state index in [1.807, 2.05) is 32.9 Å². The van der Waals surface area contributed by atoms with Gasteiger partial charge in [-0.05, 0) is 38.8 Å². The number of benzene rings is 1. The first-order valence-electron chi connectivity index (χ1n) is 6.53. The Morgan fingerprint density at radius 2 is 1.65 bits per heavy atom. The van der Waals surface area contributed by atoms with Crippen molar-refractivity contribution in [2.24, 2.45) is 0 Å². The van der Waals surface area contributed by atoms with Crippen molar-refractivity contribution in [2.75, 3.05) is 11.4 Å². The third-order valence-electron chi connectivity index (χ3n) is 3.31. The van der Waals surface area contributed by atoms with Gasteiger partial charge in [0.15, 0.2) is 0 Å². The quantitative estimate of drug-likeness (QED) is 0.836. The third-order valence-corrected chi connectivity index (χ3v) is 3.31. The number of carboxylic acid groups (broad SMARTS) is 2. The van der Waals surface area contributed by atoms with Crippen molar-refractivity contribution in [1.29, 1.82) is 0 Å². The molecule has 0 radical (unpaired) electrons. The topological polar surface area (TPSA) is 77.8 Å². The summed E-state index contributed by atoms with van der Waals surface area (Å²) in [4.78, 5) is 23.7. The van der Waals surface area contributed by atoms with Gasteiger partial charge in [0.05, 0.1) is 6.42 Å². The molecule has 5 heteroatoms. The average Bonchev–Trinajstić information content (AvgIpc) is 2.30. The van der Waals surface area contributed by atoms with Crippen molar-refractivity contribution in [2.45, 2.75) is 40.2 Å². The lowest BCUT2D eigenvalue weighted by Crippen LogP contribution is -2.41. The number of aliphatic carboxylic acids is 2. The Labute approximate surface area is 118 Å². The van der Waals surface area contributed by atoms with Crippen LogP contribution < -0.4 is 4.90 Å². The van der Waals surface area contributed by atoms with Crippen LogP contribution in [0, 0.1) is 20.8 Å². The van der Waals surface area contributed by atoms with E-state index in [0.29, 0.717) is 0 Å². The Morgan fingerprint density at radius 3 is 2.05 bits per heavy atom. The standard InChI is InChI=1S/C15H21NO4/c1-9-7-10(2)14(11(3)8-9)16(6-5-13(17)18)12(4)15(19)20/h7-8,12H,5-6H2,1-4H3,(H,17,18)(H,19,20). The van der Waals surface area contributed by atoms with E-state index in [1.54, 1.807) is 11.8 Å². The molecule has 2 N–H and O–H groups in total. The Hall–Kier alpha value is -2.04. The van der Waals surface area contributed by atoms with Crippen LogP contribution in [0.2, 0.25) is 0 Å². The van der Waals surface area contributed by atoms with Gasteiger partial charge in [-0.25, -0.2) is 4.79 Å². The second-order valence-corrected chi connectivity index (χ2v) is 5.10. The minimum atomic E-state index is -0.963. The fraction of sp³-hybridized carbons (Fsp3) is 0.467. The van der Waals surface area contributed by atoms with E-state index in [1.165, 1.54) is 0 Å². The molecule has 0 bridgehead atoms. The molecule has 0 aliphatic rings. The fourth-order valence-corrected chi connectivity index (χ4v) is 2.47. The molecule has 1 atom stereocenters. The maximum Gasteiger partial charge on any atom is 0.326 e. The zero-order valence-electron chi connectivity index (χ0n) is 12.3. The van der Waals surface area contributed by atoms with Crippen LogP contribution in [0.25, 0.3) is 0 Å². The first-order chi connectivity index (χ1) is 9.23. The minimum absolute atomic E-state index is 0.0929. The third kappa shape index (κ3) is 3.73. The molecule has 0 aromatic heterocycles. The Morgan fingerprint density at radius 1 is 1.15 bits per heavy atom. The van der Waals surface area contributed by atoms with Crippen molar-refractivity contribution < 1.29 is 19.8 Å². The molecule has 1 aromatic rings. The fourth-order valence-electron chi connectivity index (χ4n) is 2.47. The summed E-state index contributed by atoms with van der Waals surface area (Å²) < 4.78 is 0. The van der Waals surface area contributed by atoms with E-state index in [9.17, 15) is 14.7 Å². The molecular formula is C15H21NO4. The lowest BCUT2D eigenvalue weighted by molar-refractivity contribution is -0.139. The van der Waals surface area contributed by atoms with Gasteiger partial charge in [0.2, 0.25) is 0 Å². The summed E-state index contributed by atoms with van der Waals surface area (Å²) in [6, 6.07) is 3.18. The van der Waals surface area contributed by atoms with Crippen molar-refractivity contribution in [3.8, 4) is 0 Å². The van der Waals surface area contributed by atoms with E-state index in [-0.39, 0.29) is 13.0 Å². The van der Waals surface area contributed by atoms with Gasteiger partial charge >= 0.3 is 11.9 Å². The normalized spacial score (nSPS) is 12.0. The molecule has 20 heavy (non-hydrogen) atoms. The van der Waals surface area contributed by atoms with E-state index >= 15 is 0 Å². The molecule has 0 aliphatic carbocycles. The molecule has 1 rings (SSSR count). The highest BCUT2D eigenvalue weighted by Crippen LogP contribution is 2.28. The Balaban J connectivity index is 3.22. The number of rotatable bonds is 6. The molecule has 0 saturated heterocycles. The molecule has 0 fully saturated rings. The molecule has 0 spiro atoms. The molecule has 1 aromatic carbocycles. The van der Waals surface area contributed by atoms with E-state index < -0.39 is 18.0 Å². The van der Waals surface area contributed by atoms with E-state index in [2.05, 4.69) is 0 Å². The zero-order chi connectivity index (χ0) is 15.4. The number of aryl methyl sites for hydroxylation is 3. The minimum Gasteiger partial charge on any atom is -0.481 e. The first-order valence-corrected chi connectivity index (χ1v) is 6.53. The lowest BCUT2D eigenvalue weighted by Gasteiger charge is -2.31. The van der Waals surface area contributed by atoms with Gasteiger partial charge in [-0.3, -0.25) is 4.79 Å². The highest BCUT2D eigenvalue weighted by Gasteiger charge is 2.24. The first kappa shape index (κ1) is 16.0. The maximum atomic E-state index is 11.3. The van der Waals surface area contributed by atoms with Gasteiger partial charge in [-0.2, -0.15) is 0 Å². The van der Waals surface area contributed by atoms with Crippen LogP contribution in [-0.4, -0.2) is 34.7 Å². The summed E-state index contributed by atoms with van der Waals surface area (Å²) in [5, 5.41) is 18.1. The molecule has 0 saturated carbocycles. The molecular weight excluding hydrogens is 258 g/mol. The summed E-state index contributed by atoms with van der Waals surface area (Å²) in [5.41, 5.74) is 3.83. The predicted molar refractivity (Wildman–Crippen MR) is 77.3 cm³/mol. The zero-order valence-corrected chi connectivity index (χ0v) is 12.3. The largest absolute Gasteiger partial charge is 0.481 e. The summed E-state index contributed by atoms with van der Waals surface area (Å²) in [6.45, 7) is 7.55. The highest BCUT2D eigenvalue weighted by atomic mass is 16.4. The predicted octanol–water partition coefficient (Wildman–Crippen LogP) is 2.37. The molecule has 1 unspecified atom stereocenters. The summed E-state index contributed by atoms with van der Waals surface area (Å²) in [5.74, 6) is -1.90. The van der Waals surface area contributed by atoms with Gasteiger partial charge in [0, 0.05) is 12.2 Å². The van der Waals surface area contributed by atoms with Gasteiger partial charge in [-0.15, -0.1) is 0 Å². The van der Waals surface area contributed by atoms with Gasteiger partial charge in [0.25, 0.3) is 0 Å². The number of anilines is 1. The summed E-state index contributed by atoms with van der Waals surface area (Å²) in [7, 11) is 0. The van der Waals surface area contributed by atoms with Crippen LogP contribution in [0.3, 0.4) is 0 Å². The van der Waals surface area contributed by atoms with Crippen LogP contribution in [0.1, 0.15) is 30.0 Å². The van der Waals surface area contributed by atoms with Crippen molar-refractivity contribution in [1.82, 2.24) is 0 Å². The second-order valence-electron chi connectivity index (χ2n) is 5.10. The lowest BCUT2D eigenvalue weighted by atomic mass is 10.0. The molecule has 0 amide bonds. The SMILES string of the molecule is Cc1cc(C)c(N(CCC(=O)O)C(C)C(=O)O)c(C)c1. The number of carbonyl (C=O) groups is 2. The van der Waals surface area contributed by atoms with Crippen molar-refractivity contribution >= 4 is 17.6 Å². The molecule has 110 valence electrons. The molecule has 0 heterocycles. The molecule has 5 nitrogen and oxygen atoms in total. The van der Waals surface area contributed by atoms with Gasteiger partial charge in [-0.1, -0.05) is 17.7 Å². The maximum absolute atomic E-state index is 11.3. The average molecular weight is 279 g/mol. The summed E-state index contributed by atoms with van der Waals surface area (Å²) in [6.07, 6.45) is -0.0929. The van der Waals surface area contributed by atoms with E-state index in [4.69, 9.17) is 5.11 Å². The van der Waals surface area contributed by atoms with E-state index in [0.717, 1.165) is 22.4 Å². The number of hydrogen-bond acceptors (Lipinski definition) is 3. The van der Waals surface area contributed by atoms with Crippen LogP contribution in [0.4, 0.5) is 5.69 Å². The second kappa shape index (κ2) is 6.41. The van der Waals surface area contributed by atoms with Crippen LogP contribution in [-0.2, 0) is 9.59 Å². The summed E-state index contributed by atoms with van der Waals surface area (Å²) >= 11 is 0. The number of hydrogen-bond donors (Lipinski definition) is 2. The van der Waals surface area contributed by atoms with Crippen LogP contribution in [0.15, 0.2) is 12.1 Å². The van der Waals surface area contributed by atoms with Gasteiger partial charge in [0.1, 0.15) is 6.04 Å². The monoisotopic (exact) mass is 279 g/mol. The number of nitrogens with zero attached hydrogens (tertiary/aromatic N) is 1. The smallest absolute Gasteiger partial charge is 0.326 e.